The van der Waals surface area contributed by atoms with Gasteiger partial charge in [-0.15, -0.1) is 0 Å². The van der Waals surface area contributed by atoms with Gasteiger partial charge in [-0.3, -0.25) is 4.79 Å². The zero-order valence-electron chi connectivity index (χ0n) is 9.59. The van der Waals surface area contributed by atoms with Crippen LogP contribution >= 0.6 is 0 Å². The van der Waals surface area contributed by atoms with E-state index in [4.69, 9.17) is 4.43 Å². The Bertz CT molecular complexity index is 202. The van der Waals surface area contributed by atoms with Crippen LogP contribution in [0.3, 0.4) is 0 Å². The van der Waals surface area contributed by atoms with Gasteiger partial charge in [0.1, 0.15) is 6.73 Å². The van der Waals surface area contributed by atoms with Crippen molar-refractivity contribution in [2.24, 2.45) is 0 Å². The largest absolute Gasteiger partial charge is 0.400 e. The van der Waals surface area contributed by atoms with E-state index in [-0.39, 0.29) is 5.91 Å². The molecule has 0 fully saturated rings. The molecule has 0 saturated carbocycles. The Morgan fingerprint density at radius 3 is 2.64 bits per heavy atom. The minimum absolute atomic E-state index is 0.0891. The lowest BCUT2D eigenvalue weighted by molar-refractivity contribution is -0.117. The molecule has 3 nitrogen and oxygen atoms in total. The van der Waals surface area contributed by atoms with E-state index in [9.17, 15) is 4.79 Å². The lowest BCUT2D eigenvalue weighted by Gasteiger charge is -2.21. The van der Waals surface area contributed by atoms with Gasteiger partial charge < -0.3 is 9.74 Å². The number of rotatable bonds is 6. The Labute approximate surface area is 87.7 Å². The van der Waals surface area contributed by atoms with Crippen LogP contribution in [0.25, 0.3) is 0 Å². The number of hydrogen-bond acceptors (Lipinski definition) is 2. The zero-order chi connectivity index (χ0) is 11.0. The average Bonchev–Trinajstić information content (AvgIpc) is 2.03. The van der Waals surface area contributed by atoms with E-state index in [0.717, 1.165) is 12.5 Å². The van der Waals surface area contributed by atoms with Crippen molar-refractivity contribution >= 4 is 14.2 Å². The monoisotopic (exact) mass is 215 g/mol. The maximum absolute atomic E-state index is 11.0. The molecule has 0 aliphatic heterocycles. The molecular formula is C10H21NO2Si. The van der Waals surface area contributed by atoms with E-state index in [0.29, 0.717) is 6.73 Å². The maximum atomic E-state index is 11.0. The molecule has 0 aromatic carbocycles. The van der Waals surface area contributed by atoms with Crippen molar-refractivity contribution in [3.8, 4) is 0 Å². The molecule has 0 saturated heterocycles. The molecule has 0 aliphatic rings. The SMILES string of the molecule is CC=CC(=O)NCO[Si](C)(C)CCC. The van der Waals surface area contributed by atoms with Crippen molar-refractivity contribution in [3.05, 3.63) is 12.2 Å². The Morgan fingerprint density at radius 1 is 1.50 bits per heavy atom. The molecule has 0 aromatic rings. The second-order valence-electron chi connectivity index (χ2n) is 3.84. The molecule has 0 heterocycles. The highest BCUT2D eigenvalue weighted by Crippen LogP contribution is 2.12. The zero-order valence-corrected chi connectivity index (χ0v) is 10.6. The van der Waals surface area contributed by atoms with Gasteiger partial charge in [0.15, 0.2) is 8.32 Å². The van der Waals surface area contributed by atoms with Gasteiger partial charge in [-0.25, -0.2) is 0 Å². The molecule has 0 atom stereocenters. The first-order chi connectivity index (χ1) is 6.52. The van der Waals surface area contributed by atoms with Gasteiger partial charge in [-0.1, -0.05) is 19.4 Å². The van der Waals surface area contributed by atoms with Gasteiger partial charge in [0.25, 0.3) is 0 Å². The average molecular weight is 215 g/mol. The minimum atomic E-state index is -1.53. The van der Waals surface area contributed by atoms with E-state index in [2.05, 4.69) is 25.3 Å². The van der Waals surface area contributed by atoms with Crippen LogP contribution in [0.1, 0.15) is 20.3 Å². The first-order valence-corrected chi connectivity index (χ1v) is 8.18. The van der Waals surface area contributed by atoms with Crippen molar-refractivity contribution in [1.29, 1.82) is 0 Å². The van der Waals surface area contributed by atoms with Gasteiger partial charge in [0.05, 0.1) is 0 Å². The molecule has 4 heteroatoms. The highest BCUT2D eigenvalue weighted by atomic mass is 28.4. The fraction of sp³-hybridized carbons (Fsp3) is 0.700. The number of amides is 1. The lowest BCUT2D eigenvalue weighted by Crippen LogP contribution is -2.36. The van der Waals surface area contributed by atoms with Crippen molar-refractivity contribution < 1.29 is 9.22 Å². The summed E-state index contributed by atoms with van der Waals surface area (Å²) >= 11 is 0. The Kier molecular flexibility index (Phi) is 6.49. The summed E-state index contributed by atoms with van der Waals surface area (Å²) in [5.41, 5.74) is 0. The summed E-state index contributed by atoms with van der Waals surface area (Å²) in [5, 5.41) is 2.68. The highest BCUT2D eigenvalue weighted by Gasteiger charge is 2.20. The first kappa shape index (κ1) is 13.4. The standard InChI is InChI=1S/C10H21NO2Si/c1-5-7-10(12)11-9-13-14(3,4)8-6-2/h5,7H,6,8-9H2,1-4H3,(H,11,12). The second-order valence-corrected chi connectivity index (χ2v) is 8.15. The van der Waals surface area contributed by atoms with Crippen LogP contribution < -0.4 is 5.32 Å². The summed E-state index contributed by atoms with van der Waals surface area (Å²) in [6, 6.07) is 1.13. The predicted molar refractivity (Wildman–Crippen MR) is 61.5 cm³/mol. The number of carbonyl (C=O) groups is 1. The van der Waals surface area contributed by atoms with Gasteiger partial charge in [-0.2, -0.15) is 0 Å². The summed E-state index contributed by atoms with van der Waals surface area (Å²) in [4.78, 5) is 11.0. The van der Waals surface area contributed by atoms with Crippen LogP contribution in [0.2, 0.25) is 19.1 Å². The predicted octanol–water partition coefficient (Wildman–Crippen LogP) is 2.27. The van der Waals surface area contributed by atoms with E-state index < -0.39 is 8.32 Å². The quantitative estimate of drug-likeness (QED) is 0.419. The van der Waals surface area contributed by atoms with Crippen molar-refractivity contribution in [3.63, 3.8) is 0 Å². The smallest absolute Gasteiger partial charge is 0.245 e. The third-order valence-corrected chi connectivity index (χ3v) is 4.51. The molecule has 1 amide bonds. The minimum Gasteiger partial charge on any atom is -0.400 e. The molecule has 0 rings (SSSR count). The van der Waals surface area contributed by atoms with Crippen LogP contribution in [-0.4, -0.2) is 21.0 Å². The Hall–Kier alpha value is -0.613. The van der Waals surface area contributed by atoms with Crippen LogP contribution in [0.5, 0.6) is 0 Å². The molecule has 0 aliphatic carbocycles. The molecule has 82 valence electrons. The van der Waals surface area contributed by atoms with Crippen LogP contribution in [0.4, 0.5) is 0 Å². The van der Waals surface area contributed by atoms with Crippen LogP contribution in [0.15, 0.2) is 12.2 Å². The maximum Gasteiger partial charge on any atom is 0.245 e. The van der Waals surface area contributed by atoms with E-state index in [1.165, 1.54) is 6.08 Å². The molecule has 0 unspecified atom stereocenters. The Morgan fingerprint density at radius 2 is 2.14 bits per heavy atom. The number of allylic oxidation sites excluding steroid dienone is 1. The molecule has 0 aromatic heterocycles. The van der Waals surface area contributed by atoms with Crippen molar-refractivity contribution in [2.75, 3.05) is 6.73 Å². The van der Waals surface area contributed by atoms with Crippen LogP contribution in [-0.2, 0) is 9.22 Å². The van der Waals surface area contributed by atoms with Gasteiger partial charge in [0.2, 0.25) is 5.91 Å². The molecule has 0 bridgehead atoms. The van der Waals surface area contributed by atoms with Crippen molar-refractivity contribution in [2.45, 2.75) is 39.4 Å². The van der Waals surface area contributed by atoms with E-state index >= 15 is 0 Å². The first-order valence-electron chi connectivity index (χ1n) is 5.06. The molecule has 0 spiro atoms. The van der Waals surface area contributed by atoms with Gasteiger partial charge in [0, 0.05) is 0 Å². The fourth-order valence-corrected chi connectivity index (χ4v) is 3.00. The number of nitrogens with one attached hydrogen (secondary N) is 1. The lowest BCUT2D eigenvalue weighted by atomic mass is 10.5. The Balaban J connectivity index is 3.67. The topological polar surface area (TPSA) is 38.3 Å². The number of carbonyl (C=O) groups excluding carboxylic acids is 1. The van der Waals surface area contributed by atoms with Gasteiger partial charge in [-0.05, 0) is 32.1 Å². The second kappa shape index (κ2) is 6.78. The fourth-order valence-electron chi connectivity index (χ4n) is 1.19. The normalized spacial score (nSPS) is 12.0. The molecule has 1 N–H and O–H groups in total. The number of hydrogen-bond donors (Lipinski definition) is 1. The summed E-state index contributed by atoms with van der Waals surface area (Å²) in [6.45, 7) is 8.63. The van der Waals surface area contributed by atoms with Crippen LogP contribution in [0, 0.1) is 0 Å². The summed E-state index contributed by atoms with van der Waals surface area (Å²) in [5.74, 6) is -0.0891. The third-order valence-electron chi connectivity index (χ3n) is 1.88. The summed E-state index contributed by atoms with van der Waals surface area (Å²) in [6.07, 6.45) is 4.35. The molecular weight excluding hydrogens is 194 g/mol. The third kappa shape index (κ3) is 6.86. The summed E-state index contributed by atoms with van der Waals surface area (Å²) < 4.78 is 5.66. The van der Waals surface area contributed by atoms with E-state index in [1.807, 2.05) is 6.92 Å². The van der Waals surface area contributed by atoms with Gasteiger partial charge >= 0.3 is 0 Å². The summed E-state index contributed by atoms with van der Waals surface area (Å²) in [7, 11) is -1.53. The van der Waals surface area contributed by atoms with Crippen molar-refractivity contribution in [1.82, 2.24) is 5.32 Å². The molecule has 14 heavy (non-hydrogen) atoms. The highest BCUT2D eigenvalue weighted by molar-refractivity contribution is 6.71. The van der Waals surface area contributed by atoms with E-state index in [1.54, 1.807) is 6.08 Å². The molecule has 0 radical (unpaired) electrons.